The van der Waals surface area contributed by atoms with Gasteiger partial charge in [-0.05, 0) is 41.1 Å². The Morgan fingerprint density at radius 1 is 1.29 bits per heavy atom. The average molecular weight is 372 g/mol. The number of aryl methyl sites for hydroxylation is 1. The second kappa shape index (κ2) is 5.78. The van der Waals surface area contributed by atoms with Crippen LogP contribution in [0.5, 0.6) is 0 Å². The third-order valence-corrected chi connectivity index (χ3v) is 4.42. The van der Waals surface area contributed by atoms with Crippen molar-refractivity contribution in [2.45, 2.75) is 11.8 Å². The van der Waals surface area contributed by atoms with Crippen LogP contribution in [0.1, 0.15) is 5.56 Å². The summed E-state index contributed by atoms with van der Waals surface area (Å²) in [6.07, 6.45) is 2.68. The Bertz CT molecular complexity index is 808. The number of benzene rings is 1. The Morgan fingerprint density at radius 3 is 2.57 bits per heavy atom. The molecule has 0 fully saturated rings. The largest absolute Gasteiger partial charge is 0.280 e. The van der Waals surface area contributed by atoms with Gasteiger partial charge < -0.3 is 0 Å². The van der Waals surface area contributed by atoms with Gasteiger partial charge in [0, 0.05) is 34.2 Å². The highest BCUT2D eigenvalue weighted by Gasteiger charge is 2.17. The minimum absolute atomic E-state index is 0.00659. The van der Waals surface area contributed by atoms with Crippen molar-refractivity contribution < 1.29 is 13.3 Å². The predicted octanol–water partition coefficient (Wildman–Crippen LogP) is 2.86. The zero-order valence-corrected chi connectivity index (χ0v) is 13.2. The number of nitrogens with one attached hydrogen (secondary N) is 1. The fourth-order valence-electron chi connectivity index (χ4n) is 1.68. The lowest BCUT2D eigenvalue weighted by Gasteiger charge is -2.08. The lowest BCUT2D eigenvalue weighted by molar-refractivity contribution is -0.385. The molecule has 2 aromatic rings. The van der Waals surface area contributed by atoms with E-state index >= 15 is 0 Å². The molecule has 2 rings (SSSR count). The van der Waals surface area contributed by atoms with Gasteiger partial charge in [-0.2, -0.15) is 0 Å². The van der Waals surface area contributed by atoms with E-state index in [9.17, 15) is 18.5 Å². The van der Waals surface area contributed by atoms with E-state index in [0.29, 0.717) is 10.0 Å². The molecule has 7 nitrogen and oxygen atoms in total. The highest BCUT2D eigenvalue weighted by Crippen LogP contribution is 2.24. The molecule has 0 spiro atoms. The lowest BCUT2D eigenvalue weighted by atomic mass is 10.2. The zero-order chi connectivity index (χ0) is 15.6. The molecule has 1 heterocycles. The van der Waals surface area contributed by atoms with Crippen LogP contribution < -0.4 is 4.72 Å². The Balaban J connectivity index is 2.33. The fraction of sp³-hybridized carbons (Fsp3) is 0.0833. The second-order valence-corrected chi connectivity index (χ2v) is 6.80. The Morgan fingerprint density at radius 2 is 2.00 bits per heavy atom. The number of hydrogen-bond acceptors (Lipinski definition) is 5. The molecule has 9 heteroatoms. The fourth-order valence-corrected chi connectivity index (χ4v) is 3.23. The van der Waals surface area contributed by atoms with Crippen molar-refractivity contribution in [2.75, 3.05) is 4.72 Å². The van der Waals surface area contributed by atoms with Crippen LogP contribution in [0.2, 0.25) is 0 Å². The third-order valence-electron chi connectivity index (χ3n) is 2.64. The molecule has 0 aliphatic carbocycles. The van der Waals surface area contributed by atoms with Gasteiger partial charge in [0.1, 0.15) is 4.90 Å². The van der Waals surface area contributed by atoms with Gasteiger partial charge in [0.2, 0.25) is 0 Å². The van der Waals surface area contributed by atoms with Crippen molar-refractivity contribution in [3.63, 3.8) is 0 Å². The summed E-state index contributed by atoms with van der Waals surface area (Å²) in [5.41, 5.74) is 0.549. The number of sulfonamides is 1. The summed E-state index contributed by atoms with van der Waals surface area (Å²) >= 11 is 3.15. The van der Waals surface area contributed by atoms with Gasteiger partial charge in [-0.1, -0.05) is 0 Å². The number of nitrogens with zero attached hydrogens (tertiary/aromatic N) is 2. The van der Waals surface area contributed by atoms with E-state index in [1.54, 1.807) is 0 Å². The Hall–Kier alpha value is -2.00. The summed E-state index contributed by atoms with van der Waals surface area (Å²) in [7, 11) is -3.80. The number of nitro benzene ring substituents is 1. The Kier molecular flexibility index (Phi) is 4.24. The summed E-state index contributed by atoms with van der Waals surface area (Å²) in [6, 6.07) is 5.41. The third kappa shape index (κ3) is 3.56. The first-order valence-corrected chi connectivity index (χ1v) is 7.95. The van der Waals surface area contributed by atoms with Gasteiger partial charge in [-0.25, -0.2) is 8.42 Å². The molecule has 110 valence electrons. The molecule has 21 heavy (non-hydrogen) atoms. The second-order valence-electron chi connectivity index (χ2n) is 4.20. The molecule has 0 aliphatic rings. The minimum atomic E-state index is -3.80. The van der Waals surface area contributed by atoms with E-state index in [4.69, 9.17) is 0 Å². The van der Waals surface area contributed by atoms with E-state index < -0.39 is 14.9 Å². The van der Waals surface area contributed by atoms with Gasteiger partial charge in [0.15, 0.2) is 0 Å². The van der Waals surface area contributed by atoms with Crippen LogP contribution >= 0.6 is 15.9 Å². The molecule has 0 atom stereocenters. The average Bonchev–Trinajstić information content (AvgIpc) is 2.37. The van der Waals surface area contributed by atoms with E-state index in [-0.39, 0.29) is 16.3 Å². The van der Waals surface area contributed by atoms with Crippen LogP contribution in [0.15, 0.2) is 46.0 Å². The molecule has 0 amide bonds. The summed E-state index contributed by atoms with van der Waals surface area (Å²) in [5.74, 6) is 0. The van der Waals surface area contributed by atoms with Crippen LogP contribution in [0.25, 0.3) is 0 Å². The molecule has 0 unspecified atom stereocenters. The number of anilines is 1. The molecule has 0 radical (unpaired) electrons. The number of halogens is 1. The topological polar surface area (TPSA) is 102 Å². The van der Waals surface area contributed by atoms with Gasteiger partial charge in [0.25, 0.3) is 15.7 Å². The number of rotatable bonds is 4. The monoisotopic (exact) mass is 371 g/mol. The van der Waals surface area contributed by atoms with Crippen LogP contribution in [-0.4, -0.2) is 18.3 Å². The minimum Gasteiger partial charge on any atom is -0.280 e. The predicted molar refractivity (Wildman–Crippen MR) is 80.6 cm³/mol. The summed E-state index contributed by atoms with van der Waals surface area (Å²) in [5, 5.41) is 10.7. The number of pyridine rings is 1. The van der Waals surface area contributed by atoms with Crippen molar-refractivity contribution in [3.05, 3.63) is 56.8 Å². The summed E-state index contributed by atoms with van der Waals surface area (Å²) in [4.78, 5) is 14.0. The van der Waals surface area contributed by atoms with Gasteiger partial charge in [-0.3, -0.25) is 19.8 Å². The van der Waals surface area contributed by atoms with E-state index in [1.165, 1.54) is 43.6 Å². The normalized spacial score (nSPS) is 11.1. The summed E-state index contributed by atoms with van der Waals surface area (Å²) < 4.78 is 27.2. The van der Waals surface area contributed by atoms with E-state index in [0.717, 1.165) is 0 Å². The smallest absolute Gasteiger partial charge is 0.272 e. The van der Waals surface area contributed by atoms with Crippen LogP contribution in [-0.2, 0) is 10.0 Å². The first-order valence-electron chi connectivity index (χ1n) is 5.68. The summed E-state index contributed by atoms with van der Waals surface area (Å²) in [6.45, 7) is 1.54. The first-order chi connectivity index (χ1) is 9.79. The van der Waals surface area contributed by atoms with Gasteiger partial charge in [-0.15, -0.1) is 0 Å². The maximum absolute atomic E-state index is 12.2. The molecule has 1 N–H and O–H groups in total. The van der Waals surface area contributed by atoms with Crippen LogP contribution in [0, 0.1) is 17.0 Å². The standard InChI is InChI=1S/C12H10BrN3O4S/c1-8-4-10(2-3-12(8)16(17)18)15-21(19,20)11-5-9(13)6-14-7-11/h2-7,15H,1H3. The number of nitro groups is 1. The van der Waals surface area contributed by atoms with Crippen molar-refractivity contribution in [1.29, 1.82) is 0 Å². The highest BCUT2D eigenvalue weighted by molar-refractivity contribution is 9.10. The Labute approximate surface area is 129 Å². The van der Waals surface area contributed by atoms with Gasteiger partial charge in [0.05, 0.1) is 4.92 Å². The molecular weight excluding hydrogens is 362 g/mol. The van der Waals surface area contributed by atoms with Crippen molar-refractivity contribution in [1.82, 2.24) is 4.98 Å². The first kappa shape index (κ1) is 15.4. The van der Waals surface area contributed by atoms with Crippen LogP contribution in [0.4, 0.5) is 11.4 Å². The lowest BCUT2D eigenvalue weighted by Crippen LogP contribution is -2.13. The van der Waals surface area contributed by atoms with Crippen molar-refractivity contribution in [2.24, 2.45) is 0 Å². The SMILES string of the molecule is Cc1cc(NS(=O)(=O)c2cncc(Br)c2)ccc1[N+](=O)[O-]. The molecule has 0 saturated carbocycles. The molecule has 0 saturated heterocycles. The van der Waals surface area contributed by atoms with Gasteiger partial charge >= 0.3 is 0 Å². The van der Waals surface area contributed by atoms with Crippen molar-refractivity contribution >= 4 is 37.3 Å². The highest BCUT2D eigenvalue weighted by atomic mass is 79.9. The molecule has 1 aromatic carbocycles. The maximum atomic E-state index is 12.2. The molecule has 1 aromatic heterocycles. The quantitative estimate of drug-likeness (QED) is 0.657. The molecular formula is C12H10BrN3O4S. The maximum Gasteiger partial charge on any atom is 0.272 e. The number of aromatic nitrogens is 1. The number of hydrogen-bond donors (Lipinski definition) is 1. The van der Waals surface area contributed by atoms with Crippen molar-refractivity contribution in [3.8, 4) is 0 Å². The van der Waals surface area contributed by atoms with Crippen LogP contribution in [0.3, 0.4) is 0 Å². The van der Waals surface area contributed by atoms with E-state index in [2.05, 4.69) is 25.6 Å². The molecule has 0 bridgehead atoms. The van der Waals surface area contributed by atoms with E-state index in [1.807, 2.05) is 0 Å². The molecule has 0 aliphatic heterocycles. The zero-order valence-electron chi connectivity index (χ0n) is 10.8.